The van der Waals surface area contributed by atoms with Gasteiger partial charge in [0.25, 0.3) is 0 Å². The SMILES string of the molecule is C=CC(=O)N(C)CCCc1ccc(-c2ccc(C3CCC(C4CCC(CCCCC)CC4)CC3)cc2)c(CC)c1. The lowest BCUT2D eigenvalue weighted by Crippen LogP contribution is -2.25. The molecule has 218 valence electrons. The summed E-state index contributed by atoms with van der Waals surface area (Å²) in [6.07, 6.45) is 21.8. The van der Waals surface area contributed by atoms with E-state index in [1.165, 1.54) is 105 Å². The summed E-state index contributed by atoms with van der Waals surface area (Å²) in [7, 11) is 1.85. The van der Waals surface area contributed by atoms with Crippen LogP contribution in [-0.2, 0) is 17.6 Å². The molecule has 2 saturated carbocycles. The summed E-state index contributed by atoms with van der Waals surface area (Å²) in [4.78, 5) is 13.5. The molecule has 2 aromatic carbocycles. The Balaban J connectivity index is 1.26. The van der Waals surface area contributed by atoms with Crippen molar-refractivity contribution >= 4 is 5.91 Å². The smallest absolute Gasteiger partial charge is 0.245 e. The van der Waals surface area contributed by atoms with Gasteiger partial charge in [0.1, 0.15) is 0 Å². The first kappa shape index (κ1) is 30.6. The van der Waals surface area contributed by atoms with Gasteiger partial charge < -0.3 is 4.90 Å². The summed E-state index contributed by atoms with van der Waals surface area (Å²) in [5.74, 6) is 3.77. The van der Waals surface area contributed by atoms with Crippen LogP contribution in [0.4, 0.5) is 0 Å². The molecule has 2 fully saturated rings. The Labute approximate surface area is 245 Å². The number of amides is 1. The van der Waals surface area contributed by atoms with Crippen molar-refractivity contribution in [2.75, 3.05) is 13.6 Å². The molecule has 0 aliphatic heterocycles. The zero-order valence-corrected chi connectivity index (χ0v) is 25.8. The third kappa shape index (κ3) is 8.34. The Morgan fingerprint density at radius 1 is 0.875 bits per heavy atom. The van der Waals surface area contributed by atoms with E-state index >= 15 is 0 Å². The molecular formula is C38H55NO. The Hall–Kier alpha value is -2.35. The second kappa shape index (κ2) is 15.6. The fourth-order valence-corrected chi connectivity index (χ4v) is 7.65. The van der Waals surface area contributed by atoms with E-state index in [0.29, 0.717) is 0 Å². The highest BCUT2D eigenvalue weighted by molar-refractivity contribution is 5.86. The number of aryl methyl sites for hydroxylation is 2. The van der Waals surface area contributed by atoms with Crippen molar-refractivity contribution in [1.82, 2.24) is 4.90 Å². The highest BCUT2D eigenvalue weighted by atomic mass is 16.2. The first-order chi connectivity index (χ1) is 19.5. The number of carbonyl (C=O) groups excluding carboxylic acids is 1. The lowest BCUT2D eigenvalue weighted by Gasteiger charge is -2.38. The van der Waals surface area contributed by atoms with Crippen LogP contribution in [0.25, 0.3) is 11.1 Å². The minimum atomic E-state index is -0.00324. The molecule has 2 heteroatoms. The topological polar surface area (TPSA) is 20.3 Å². The van der Waals surface area contributed by atoms with Gasteiger partial charge in [0.05, 0.1) is 0 Å². The molecule has 0 bridgehead atoms. The number of hydrogen-bond donors (Lipinski definition) is 0. The molecule has 2 nitrogen and oxygen atoms in total. The summed E-state index contributed by atoms with van der Waals surface area (Å²) >= 11 is 0. The Kier molecular flexibility index (Phi) is 11.9. The molecule has 0 saturated heterocycles. The lowest BCUT2D eigenvalue weighted by molar-refractivity contribution is -0.124. The van der Waals surface area contributed by atoms with E-state index in [1.807, 2.05) is 7.05 Å². The van der Waals surface area contributed by atoms with E-state index in [1.54, 1.807) is 10.5 Å². The van der Waals surface area contributed by atoms with Crippen molar-refractivity contribution < 1.29 is 4.79 Å². The predicted octanol–water partition coefficient (Wildman–Crippen LogP) is 10.2. The zero-order valence-electron chi connectivity index (χ0n) is 25.8. The van der Waals surface area contributed by atoms with Crippen LogP contribution in [0.2, 0.25) is 0 Å². The number of likely N-dealkylation sites (N-methyl/N-ethyl adjacent to an activating group) is 1. The summed E-state index contributed by atoms with van der Waals surface area (Å²) in [6, 6.07) is 16.5. The molecule has 0 heterocycles. The van der Waals surface area contributed by atoms with Crippen molar-refractivity contribution in [2.24, 2.45) is 17.8 Å². The van der Waals surface area contributed by atoms with Crippen LogP contribution in [0.3, 0.4) is 0 Å². The van der Waals surface area contributed by atoms with Crippen molar-refractivity contribution in [3.05, 3.63) is 71.8 Å². The van der Waals surface area contributed by atoms with E-state index in [9.17, 15) is 4.79 Å². The molecule has 2 aliphatic rings. The molecule has 1 amide bonds. The van der Waals surface area contributed by atoms with Gasteiger partial charge in [-0.05, 0) is 115 Å². The van der Waals surface area contributed by atoms with Crippen LogP contribution >= 0.6 is 0 Å². The van der Waals surface area contributed by atoms with Crippen LogP contribution in [0.5, 0.6) is 0 Å². The zero-order chi connectivity index (χ0) is 28.3. The van der Waals surface area contributed by atoms with Gasteiger partial charge >= 0.3 is 0 Å². The van der Waals surface area contributed by atoms with Gasteiger partial charge in [0.2, 0.25) is 5.91 Å². The van der Waals surface area contributed by atoms with Crippen LogP contribution in [0.1, 0.15) is 120 Å². The average Bonchev–Trinajstić information content (AvgIpc) is 3.01. The van der Waals surface area contributed by atoms with Gasteiger partial charge in [-0.3, -0.25) is 4.79 Å². The van der Waals surface area contributed by atoms with E-state index in [-0.39, 0.29) is 5.91 Å². The van der Waals surface area contributed by atoms with Crippen LogP contribution in [-0.4, -0.2) is 24.4 Å². The number of hydrogen-bond acceptors (Lipinski definition) is 1. The second-order valence-electron chi connectivity index (χ2n) is 12.9. The summed E-state index contributed by atoms with van der Waals surface area (Å²) < 4.78 is 0. The highest BCUT2D eigenvalue weighted by Gasteiger charge is 2.31. The standard InChI is InChI=1S/C38H55NO/c1-5-8-9-11-29-13-16-32(17-14-29)33-18-20-34(21-19-33)35-22-24-36(25-23-35)37-26-15-30(28-31(37)6-2)12-10-27-39(4)38(40)7-3/h7,15,22-26,28-29,32-34H,3,5-6,8-14,16-21,27H2,1-2,4H3. The Morgan fingerprint density at radius 2 is 1.55 bits per heavy atom. The number of unbranched alkanes of at least 4 members (excludes halogenated alkanes) is 2. The monoisotopic (exact) mass is 541 g/mol. The molecule has 0 spiro atoms. The quantitative estimate of drug-likeness (QED) is 0.182. The van der Waals surface area contributed by atoms with Crippen molar-refractivity contribution in [3.63, 3.8) is 0 Å². The summed E-state index contributed by atoms with van der Waals surface area (Å²) in [5.41, 5.74) is 7.04. The van der Waals surface area contributed by atoms with Crippen molar-refractivity contribution in [3.8, 4) is 11.1 Å². The number of nitrogens with zero attached hydrogens (tertiary/aromatic N) is 1. The van der Waals surface area contributed by atoms with Crippen LogP contribution < -0.4 is 0 Å². The van der Waals surface area contributed by atoms with Gasteiger partial charge in [0, 0.05) is 13.6 Å². The number of rotatable bonds is 13. The molecule has 0 N–H and O–H groups in total. The molecule has 2 aromatic rings. The summed E-state index contributed by atoms with van der Waals surface area (Å²) in [6.45, 7) is 8.92. The van der Waals surface area contributed by atoms with Gasteiger partial charge in [0.15, 0.2) is 0 Å². The third-order valence-corrected chi connectivity index (χ3v) is 10.3. The first-order valence-corrected chi connectivity index (χ1v) is 16.6. The Bertz CT molecular complexity index is 1050. The molecule has 0 aromatic heterocycles. The van der Waals surface area contributed by atoms with Crippen molar-refractivity contribution in [1.29, 1.82) is 0 Å². The third-order valence-electron chi connectivity index (χ3n) is 10.3. The predicted molar refractivity (Wildman–Crippen MR) is 172 cm³/mol. The lowest BCUT2D eigenvalue weighted by atomic mass is 9.68. The molecule has 40 heavy (non-hydrogen) atoms. The summed E-state index contributed by atoms with van der Waals surface area (Å²) in [5, 5.41) is 0. The van der Waals surface area contributed by atoms with E-state index in [4.69, 9.17) is 0 Å². The second-order valence-corrected chi connectivity index (χ2v) is 12.9. The minimum Gasteiger partial charge on any atom is -0.342 e. The molecule has 0 radical (unpaired) electrons. The van der Waals surface area contributed by atoms with Gasteiger partial charge in [-0.2, -0.15) is 0 Å². The number of benzene rings is 2. The largest absolute Gasteiger partial charge is 0.342 e. The maximum absolute atomic E-state index is 11.7. The van der Waals surface area contributed by atoms with Crippen molar-refractivity contribution in [2.45, 2.75) is 116 Å². The fraction of sp³-hybridized carbons (Fsp3) is 0.605. The van der Waals surface area contributed by atoms with E-state index in [0.717, 1.165) is 49.5 Å². The van der Waals surface area contributed by atoms with Gasteiger partial charge in [-0.15, -0.1) is 0 Å². The fourth-order valence-electron chi connectivity index (χ4n) is 7.65. The molecule has 4 rings (SSSR count). The van der Waals surface area contributed by atoms with E-state index in [2.05, 4.69) is 62.9 Å². The van der Waals surface area contributed by atoms with Crippen LogP contribution in [0, 0.1) is 17.8 Å². The van der Waals surface area contributed by atoms with Gasteiger partial charge in [-0.25, -0.2) is 0 Å². The van der Waals surface area contributed by atoms with Crippen LogP contribution in [0.15, 0.2) is 55.1 Å². The number of carbonyl (C=O) groups is 1. The maximum atomic E-state index is 11.7. The highest BCUT2D eigenvalue weighted by Crippen LogP contribution is 2.44. The van der Waals surface area contributed by atoms with Gasteiger partial charge in [-0.1, -0.05) is 101 Å². The normalized spacial score (nSPS) is 23.1. The minimum absolute atomic E-state index is 0.00324. The molecular weight excluding hydrogens is 486 g/mol. The maximum Gasteiger partial charge on any atom is 0.245 e. The average molecular weight is 542 g/mol. The molecule has 2 aliphatic carbocycles. The molecule has 0 atom stereocenters. The first-order valence-electron chi connectivity index (χ1n) is 16.6. The van der Waals surface area contributed by atoms with E-state index < -0.39 is 0 Å². The Morgan fingerprint density at radius 3 is 2.17 bits per heavy atom. The molecule has 0 unspecified atom stereocenters.